The van der Waals surface area contributed by atoms with Gasteiger partial charge in [0.1, 0.15) is 17.1 Å². The molecular weight excluding hydrogens is 375 g/mol. The van der Waals surface area contributed by atoms with Crippen LogP contribution in [-0.4, -0.2) is 22.4 Å². The monoisotopic (exact) mass is 402 g/mol. The molecule has 2 rings (SSSR count). The number of ether oxygens (including phenoxy) is 2. The first-order chi connectivity index (χ1) is 13.6. The zero-order chi connectivity index (χ0) is 21.9. The van der Waals surface area contributed by atoms with Crippen LogP contribution in [0.15, 0.2) is 16.9 Å². The van der Waals surface area contributed by atoms with Gasteiger partial charge in [0, 0.05) is 18.7 Å². The summed E-state index contributed by atoms with van der Waals surface area (Å²) in [5.74, 6) is 4.43. The Morgan fingerprint density at radius 2 is 1.76 bits per heavy atom. The van der Waals surface area contributed by atoms with Crippen molar-refractivity contribution in [1.29, 1.82) is 0 Å². The molecule has 0 aliphatic carbocycles. The standard InChI is InChI=1S/C22H27FN2O4/c1-8-11-14-12-15(23)17(16(13-14)28-7)18-19(26)24(9-2)25(10-3)20(18)29-21(27)22(4,5)6/h12-13H,9-10H2,1-7H3. The highest BCUT2D eigenvalue weighted by atomic mass is 19.1. The topological polar surface area (TPSA) is 62.5 Å². The summed E-state index contributed by atoms with van der Waals surface area (Å²) in [6.45, 7) is 11.1. The zero-order valence-corrected chi connectivity index (χ0v) is 18.0. The smallest absolute Gasteiger partial charge is 0.317 e. The molecule has 0 spiro atoms. The van der Waals surface area contributed by atoms with E-state index in [1.54, 1.807) is 45.4 Å². The van der Waals surface area contributed by atoms with Gasteiger partial charge in [0.2, 0.25) is 5.88 Å². The number of rotatable bonds is 5. The molecule has 29 heavy (non-hydrogen) atoms. The Balaban J connectivity index is 2.88. The van der Waals surface area contributed by atoms with Crippen molar-refractivity contribution >= 4 is 5.97 Å². The summed E-state index contributed by atoms with van der Waals surface area (Å²) >= 11 is 0. The van der Waals surface area contributed by atoms with E-state index < -0.39 is 22.8 Å². The maximum absolute atomic E-state index is 15.1. The van der Waals surface area contributed by atoms with Crippen LogP contribution in [0, 0.1) is 23.1 Å². The SMILES string of the molecule is CC#Cc1cc(F)c(-c2c(OC(=O)C(C)(C)C)n(CC)n(CC)c2=O)c(OC)c1. The molecule has 0 radical (unpaired) electrons. The van der Waals surface area contributed by atoms with E-state index in [4.69, 9.17) is 9.47 Å². The van der Waals surface area contributed by atoms with Gasteiger partial charge in [-0.3, -0.25) is 14.3 Å². The molecule has 1 heterocycles. The normalized spacial score (nSPS) is 11.0. The van der Waals surface area contributed by atoms with Gasteiger partial charge in [-0.1, -0.05) is 5.92 Å². The van der Waals surface area contributed by atoms with E-state index in [0.29, 0.717) is 18.7 Å². The predicted molar refractivity (Wildman–Crippen MR) is 110 cm³/mol. The molecule has 0 N–H and O–H groups in total. The van der Waals surface area contributed by atoms with Gasteiger partial charge in [-0.25, -0.2) is 9.07 Å². The van der Waals surface area contributed by atoms with E-state index >= 15 is 4.39 Å². The lowest BCUT2D eigenvalue weighted by Crippen LogP contribution is -2.27. The first-order valence-electron chi connectivity index (χ1n) is 9.47. The second-order valence-electron chi connectivity index (χ2n) is 7.47. The molecule has 0 saturated heterocycles. The number of hydrogen-bond acceptors (Lipinski definition) is 4. The Labute approximate surface area is 170 Å². The number of aromatic nitrogens is 2. The summed E-state index contributed by atoms with van der Waals surface area (Å²) in [6, 6.07) is 2.80. The molecule has 0 saturated carbocycles. The van der Waals surface area contributed by atoms with Crippen LogP contribution in [0.1, 0.15) is 47.1 Å². The number of carbonyl (C=O) groups is 1. The minimum absolute atomic E-state index is 0.00537. The second kappa shape index (κ2) is 8.56. The zero-order valence-electron chi connectivity index (χ0n) is 18.0. The minimum atomic E-state index is -0.802. The quantitative estimate of drug-likeness (QED) is 0.563. The average Bonchev–Trinajstić information content (AvgIpc) is 2.91. The maximum atomic E-state index is 15.1. The van der Waals surface area contributed by atoms with Crippen molar-refractivity contribution < 1.29 is 18.7 Å². The summed E-state index contributed by atoms with van der Waals surface area (Å²) in [7, 11) is 1.39. The summed E-state index contributed by atoms with van der Waals surface area (Å²) < 4.78 is 29.1. The van der Waals surface area contributed by atoms with E-state index in [1.807, 2.05) is 6.92 Å². The number of benzene rings is 1. The molecular formula is C22H27FN2O4. The highest BCUT2D eigenvalue weighted by molar-refractivity contribution is 5.82. The fourth-order valence-corrected chi connectivity index (χ4v) is 2.96. The first-order valence-corrected chi connectivity index (χ1v) is 9.47. The molecule has 7 heteroatoms. The lowest BCUT2D eigenvalue weighted by atomic mass is 9.97. The Kier molecular flexibility index (Phi) is 6.58. The molecule has 0 aliphatic rings. The van der Waals surface area contributed by atoms with E-state index in [-0.39, 0.29) is 22.8 Å². The van der Waals surface area contributed by atoms with Crippen molar-refractivity contribution in [3.8, 4) is 34.6 Å². The maximum Gasteiger partial charge on any atom is 0.317 e. The van der Waals surface area contributed by atoms with Crippen LogP contribution in [0.25, 0.3) is 11.1 Å². The summed E-state index contributed by atoms with van der Waals surface area (Å²) in [5.41, 5.74) is -0.937. The van der Waals surface area contributed by atoms with Gasteiger partial charge >= 0.3 is 5.97 Å². The predicted octanol–water partition coefficient (Wildman–Crippen LogP) is 3.83. The molecule has 0 atom stereocenters. The first kappa shape index (κ1) is 22.3. The Morgan fingerprint density at radius 3 is 2.24 bits per heavy atom. The average molecular weight is 402 g/mol. The molecule has 0 fully saturated rings. The van der Waals surface area contributed by atoms with E-state index in [9.17, 15) is 9.59 Å². The fraction of sp³-hybridized carbons (Fsp3) is 0.455. The van der Waals surface area contributed by atoms with Crippen LogP contribution in [-0.2, 0) is 17.9 Å². The lowest BCUT2D eigenvalue weighted by molar-refractivity contribution is -0.143. The number of halogens is 1. The van der Waals surface area contributed by atoms with Crippen molar-refractivity contribution in [2.75, 3.05) is 7.11 Å². The van der Waals surface area contributed by atoms with Gasteiger partial charge in [0.05, 0.1) is 18.1 Å². The Bertz CT molecular complexity index is 1050. The minimum Gasteiger partial charge on any atom is -0.496 e. The number of hydrogen-bond donors (Lipinski definition) is 0. The largest absolute Gasteiger partial charge is 0.496 e. The molecule has 0 unspecified atom stereocenters. The van der Waals surface area contributed by atoms with Crippen LogP contribution >= 0.6 is 0 Å². The summed E-state index contributed by atoms with van der Waals surface area (Å²) in [4.78, 5) is 25.7. The van der Waals surface area contributed by atoms with Crippen LogP contribution in [0.3, 0.4) is 0 Å². The van der Waals surface area contributed by atoms with Gasteiger partial charge in [-0.05, 0) is 53.7 Å². The van der Waals surface area contributed by atoms with E-state index in [0.717, 1.165) is 0 Å². The molecule has 2 aromatic rings. The molecule has 0 bridgehead atoms. The molecule has 156 valence electrons. The number of methoxy groups -OCH3 is 1. The Hall–Kier alpha value is -3.01. The van der Waals surface area contributed by atoms with E-state index in [1.165, 1.54) is 17.9 Å². The summed E-state index contributed by atoms with van der Waals surface area (Å²) in [6.07, 6.45) is 0. The van der Waals surface area contributed by atoms with Crippen LogP contribution in [0.4, 0.5) is 4.39 Å². The molecule has 1 aromatic carbocycles. The second-order valence-corrected chi connectivity index (χ2v) is 7.47. The van der Waals surface area contributed by atoms with Gasteiger partial charge < -0.3 is 9.47 Å². The lowest BCUT2D eigenvalue weighted by Gasteiger charge is -2.19. The van der Waals surface area contributed by atoms with Gasteiger partial charge in [-0.2, -0.15) is 0 Å². The summed E-state index contributed by atoms with van der Waals surface area (Å²) in [5, 5.41) is 0. The number of carbonyl (C=O) groups excluding carboxylic acids is 1. The van der Waals surface area contributed by atoms with Crippen molar-refractivity contribution in [2.45, 2.75) is 54.6 Å². The van der Waals surface area contributed by atoms with Crippen LogP contribution < -0.4 is 15.0 Å². The van der Waals surface area contributed by atoms with Crippen LogP contribution in [0.5, 0.6) is 11.6 Å². The molecule has 0 amide bonds. The fourth-order valence-electron chi connectivity index (χ4n) is 2.96. The van der Waals surface area contributed by atoms with Crippen molar-refractivity contribution in [1.82, 2.24) is 9.36 Å². The van der Waals surface area contributed by atoms with Crippen molar-refractivity contribution in [2.24, 2.45) is 5.41 Å². The molecule has 1 aromatic heterocycles. The Morgan fingerprint density at radius 1 is 1.14 bits per heavy atom. The van der Waals surface area contributed by atoms with Crippen molar-refractivity contribution in [3.05, 3.63) is 33.9 Å². The molecule has 6 nitrogen and oxygen atoms in total. The third kappa shape index (κ3) is 4.21. The highest BCUT2D eigenvalue weighted by Crippen LogP contribution is 2.38. The third-order valence-electron chi connectivity index (χ3n) is 4.38. The van der Waals surface area contributed by atoms with E-state index in [2.05, 4.69) is 11.8 Å². The van der Waals surface area contributed by atoms with Gasteiger partial charge in [-0.15, -0.1) is 5.92 Å². The number of nitrogens with zero attached hydrogens (tertiary/aromatic N) is 2. The van der Waals surface area contributed by atoms with Crippen LogP contribution in [0.2, 0.25) is 0 Å². The molecule has 0 aliphatic heterocycles. The third-order valence-corrected chi connectivity index (χ3v) is 4.38. The van der Waals surface area contributed by atoms with Crippen molar-refractivity contribution in [3.63, 3.8) is 0 Å². The highest BCUT2D eigenvalue weighted by Gasteiger charge is 2.32. The van der Waals surface area contributed by atoms with Gasteiger partial charge in [0.15, 0.2) is 0 Å². The van der Waals surface area contributed by atoms with Gasteiger partial charge in [0.25, 0.3) is 5.56 Å². The number of esters is 1.